The van der Waals surface area contributed by atoms with Crippen molar-refractivity contribution in [1.82, 2.24) is 5.32 Å². The zero-order valence-corrected chi connectivity index (χ0v) is 9.69. The van der Waals surface area contributed by atoms with Gasteiger partial charge in [-0.1, -0.05) is 6.08 Å². The molecule has 0 saturated heterocycles. The van der Waals surface area contributed by atoms with Crippen molar-refractivity contribution < 1.29 is 8.78 Å². The van der Waals surface area contributed by atoms with E-state index in [1.165, 1.54) is 12.1 Å². The van der Waals surface area contributed by atoms with Crippen LogP contribution >= 0.6 is 0 Å². The molecule has 0 aromatic heterocycles. The molecule has 1 rings (SSSR count). The first-order valence-electron chi connectivity index (χ1n) is 5.36. The van der Waals surface area contributed by atoms with Crippen LogP contribution in [-0.4, -0.2) is 6.54 Å². The molecular formula is C13H17F2N. The summed E-state index contributed by atoms with van der Waals surface area (Å²) >= 11 is 0. The topological polar surface area (TPSA) is 12.0 Å². The van der Waals surface area contributed by atoms with E-state index in [0.717, 1.165) is 6.42 Å². The molecule has 0 fully saturated rings. The van der Waals surface area contributed by atoms with E-state index in [1.807, 2.05) is 6.92 Å². The summed E-state index contributed by atoms with van der Waals surface area (Å²) in [5.41, 5.74) is 0.701. The van der Waals surface area contributed by atoms with E-state index in [1.54, 1.807) is 13.0 Å². The van der Waals surface area contributed by atoms with Gasteiger partial charge in [0.2, 0.25) is 0 Å². The van der Waals surface area contributed by atoms with Crippen molar-refractivity contribution in [2.45, 2.75) is 26.3 Å². The molecule has 0 saturated carbocycles. The lowest BCUT2D eigenvalue weighted by atomic mass is 10.0. The van der Waals surface area contributed by atoms with Crippen molar-refractivity contribution >= 4 is 0 Å². The maximum Gasteiger partial charge on any atom is 0.128 e. The molecule has 0 aliphatic heterocycles. The van der Waals surface area contributed by atoms with Crippen LogP contribution in [-0.2, 0) is 0 Å². The molecule has 0 heterocycles. The Bertz CT molecular complexity index is 374. The second-order valence-electron chi connectivity index (χ2n) is 3.88. The van der Waals surface area contributed by atoms with Gasteiger partial charge < -0.3 is 5.32 Å². The van der Waals surface area contributed by atoms with Crippen molar-refractivity contribution in [1.29, 1.82) is 0 Å². The summed E-state index contributed by atoms with van der Waals surface area (Å²) in [4.78, 5) is 0. The maximum atomic E-state index is 13.6. The summed E-state index contributed by atoms with van der Waals surface area (Å²) < 4.78 is 26.9. The number of hydrogen-bond donors (Lipinski definition) is 1. The lowest BCUT2D eigenvalue weighted by Crippen LogP contribution is -2.20. The maximum absolute atomic E-state index is 13.6. The number of benzene rings is 1. The second kappa shape index (κ2) is 5.75. The fourth-order valence-corrected chi connectivity index (χ4v) is 1.51. The molecule has 1 atom stereocenters. The van der Waals surface area contributed by atoms with Gasteiger partial charge in [-0.25, -0.2) is 8.78 Å². The minimum absolute atomic E-state index is 0.199. The fourth-order valence-electron chi connectivity index (χ4n) is 1.51. The van der Waals surface area contributed by atoms with E-state index in [0.29, 0.717) is 17.7 Å². The van der Waals surface area contributed by atoms with Crippen molar-refractivity contribution in [2.75, 3.05) is 6.54 Å². The van der Waals surface area contributed by atoms with E-state index in [-0.39, 0.29) is 17.7 Å². The molecule has 0 spiro atoms. The van der Waals surface area contributed by atoms with E-state index in [9.17, 15) is 8.78 Å². The van der Waals surface area contributed by atoms with Crippen LogP contribution in [0.15, 0.2) is 24.8 Å². The SMILES string of the molecule is C=CCCNC(C)c1cc(F)c(C)cc1F. The fraction of sp³-hybridized carbons (Fsp3) is 0.385. The van der Waals surface area contributed by atoms with Gasteiger partial charge in [0.15, 0.2) is 0 Å². The smallest absolute Gasteiger partial charge is 0.128 e. The lowest BCUT2D eigenvalue weighted by Gasteiger charge is -2.15. The molecule has 1 N–H and O–H groups in total. The van der Waals surface area contributed by atoms with Crippen LogP contribution in [0.1, 0.15) is 30.5 Å². The Morgan fingerprint density at radius 2 is 2.06 bits per heavy atom. The summed E-state index contributed by atoms with van der Waals surface area (Å²) in [6.07, 6.45) is 2.59. The summed E-state index contributed by atoms with van der Waals surface area (Å²) in [7, 11) is 0. The van der Waals surface area contributed by atoms with Crippen LogP contribution in [0.5, 0.6) is 0 Å². The third kappa shape index (κ3) is 3.14. The van der Waals surface area contributed by atoms with Crippen LogP contribution in [0.2, 0.25) is 0 Å². The molecule has 0 radical (unpaired) electrons. The number of halogens is 2. The summed E-state index contributed by atoms with van der Waals surface area (Å²) in [5.74, 6) is -0.730. The highest BCUT2D eigenvalue weighted by atomic mass is 19.1. The summed E-state index contributed by atoms with van der Waals surface area (Å²) in [6.45, 7) is 7.68. The van der Waals surface area contributed by atoms with E-state index in [4.69, 9.17) is 0 Å². The largest absolute Gasteiger partial charge is 0.310 e. The Balaban J connectivity index is 2.78. The van der Waals surface area contributed by atoms with Crippen LogP contribution < -0.4 is 5.32 Å². The predicted molar refractivity (Wildman–Crippen MR) is 62.3 cm³/mol. The Kier molecular flexibility index (Phi) is 4.62. The number of rotatable bonds is 5. The van der Waals surface area contributed by atoms with Crippen LogP contribution in [0.4, 0.5) is 8.78 Å². The molecule has 0 bridgehead atoms. The molecule has 88 valence electrons. The highest BCUT2D eigenvalue weighted by Crippen LogP contribution is 2.20. The highest BCUT2D eigenvalue weighted by molar-refractivity contribution is 5.27. The van der Waals surface area contributed by atoms with E-state index < -0.39 is 0 Å². The van der Waals surface area contributed by atoms with Crippen LogP contribution in [0, 0.1) is 18.6 Å². The molecule has 1 nitrogen and oxygen atoms in total. The van der Waals surface area contributed by atoms with Crippen molar-refractivity contribution in [3.63, 3.8) is 0 Å². The molecule has 0 amide bonds. The van der Waals surface area contributed by atoms with Crippen LogP contribution in [0.3, 0.4) is 0 Å². The molecule has 1 aromatic rings. The molecular weight excluding hydrogens is 208 g/mol. The van der Waals surface area contributed by atoms with E-state index in [2.05, 4.69) is 11.9 Å². The van der Waals surface area contributed by atoms with Crippen molar-refractivity contribution in [3.05, 3.63) is 47.5 Å². The Labute approximate surface area is 95.2 Å². The normalized spacial score (nSPS) is 12.5. The van der Waals surface area contributed by atoms with Crippen molar-refractivity contribution in [2.24, 2.45) is 0 Å². The van der Waals surface area contributed by atoms with Gasteiger partial charge in [-0.05, 0) is 44.5 Å². The number of hydrogen-bond acceptors (Lipinski definition) is 1. The lowest BCUT2D eigenvalue weighted by molar-refractivity contribution is 0.520. The monoisotopic (exact) mass is 225 g/mol. The quantitative estimate of drug-likeness (QED) is 0.597. The Hall–Kier alpha value is -1.22. The molecule has 1 unspecified atom stereocenters. The first-order valence-corrected chi connectivity index (χ1v) is 5.36. The third-order valence-electron chi connectivity index (χ3n) is 2.54. The minimum Gasteiger partial charge on any atom is -0.310 e. The van der Waals surface area contributed by atoms with Gasteiger partial charge in [-0.3, -0.25) is 0 Å². The average molecular weight is 225 g/mol. The Morgan fingerprint density at radius 1 is 1.38 bits per heavy atom. The van der Waals surface area contributed by atoms with Crippen molar-refractivity contribution in [3.8, 4) is 0 Å². The van der Waals surface area contributed by atoms with Crippen LogP contribution in [0.25, 0.3) is 0 Å². The molecule has 0 aliphatic rings. The zero-order valence-electron chi connectivity index (χ0n) is 9.69. The van der Waals surface area contributed by atoms with Gasteiger partial charge in [0.25, 0.3) is 0 Å². The number of nitrogens with one attached hydrogen (secondary N) is 1. The zero-order chi connectivity index (χ0) is 12.1. The van der Waals surface area contributed by atoms with Gasteiger partial charge in [0, 0.05) is 11.6 Å². The third-order valence-corrected chi connectivity index (χ3v) is 2.54. The number of aryl methyl sites for hydroxylation is 1. The summed E-state index contributed by atoms with van der Waals surface area (Å²) in [5, 5.41) is 3.11. The van der Waals surface area contributed by atoms with Gasteiger partial charge >= 0.3 is 0 Å². The highest BCUT2D eigenvalue weighted by Gasteiger charge is 2.12. The molecule has 0 aliphatic carbocycles. The van der Waals surface area contributed by atoms with Gasteiger partial charge in [-0.15, -0.1) is 6.58 Å². The standard InChI is InChI=1S/C13H17F2N/c1-4-5-6-16-10(3)11-8-12(14)9(2)7-13(11)15/h4,7-8,10,16H,1,5-6H2,2-3H3. The Morgan fingerprint density at radius 3 is 2.69 bits per heavy atom. The molecule has 1 aromatic carbocycles. The molecule has 16 heavy (non-hydrogen) atoms. The van der Waals surface area contributed by atoms with Gasteiger partial charge in [-0.2, -0.15) is 0 Å². The second-order valence-corrected chi connectivity index (χ2v) is 3.88. The first kappa shape index (κ1) is 12.8. The predicted octanol–water partition coefficient (Wildman–Crippen LogP) is 3.50. The van der Waals surface area contributed by atoms with E-state index >= 15 is 0 Å². The first-order chi connectivity index (χ1) is 7.56. The minimum atomic E-state index is -0.367. The van der Waals surface area contributed by atoms with Gasteiger partial charge in [0.05, 0.1) is 0 Å². The molecule has 3 heteroatoms. The van der Waals surface area contributed by atoms with Gasteiger partial charge in [0.1, 0.15) is 11.6 Å². The average Bonchev–Trinajstić information content (AvgIpc) is 2.23. The summed E-state index contributed by atoms with van der Waals surface area (Å²) in [6, 6.07) is 2.29.